The zero-order valence-corrected chi connectivity index (χ0v) is 11.6. The maximum Gasteiger partial charge on any atom is 0.335 e. The maximum atomic E-state index is 10.9. The molecule has 0 saturated carbocycles. The summed E-state index contributed by atoms with van der Waals surface area (Å²) in [5, 5.41) is 9.85. The summed E-state index contributed by atoms with van der Waals surface area (Å²) in [5.74, 6) is -0.984. The molecule has 0 spiro atoms. The zero-order chi connectivity index (χ0) is 14.3. The number of aromatic carboxylic acids is 1. The van der Waals surface area contributed by atoms with Crippen LogP contribution in [0.4, 0.5) is 0 Å². The number of halogens is 2. The molecule has 1 N–H and O–H groups in total. The number of hydrogen-bond acceptors (Lipinski definition) is 2. The van der Waals surface area contributed by atoms with E-state index in [2.05, 4.69) is 4.98 Å². The van der Waals surface area contributed by atoms with E-state index in [1.54, 1.807) is 29.1 Å². The van der Waals surface area contributed by atoms with Crippen molar-refractivity contribution >= 4 is 40.2 Å². The lowest BCUT2D eigenvalue weighted by atomic mass is 10.2. The highest BCUT2D eigenvalue weighted by molar-refractivity contribution is 6.43. The van der Waals surface area contributed by atoms with Gasteiger partial charge in [-0.2, -0.15) is 0 Å². The number of carbonyl (C=O) groups is 1. The summed E-state index contributed by atoms with van der Waals surface area (Å²) in [4.78, 5) is 15.2. The molecule has 0 amide bonds. The second kappa shape index (κ2) is 4.81. The fraction of sp³-hybridized carbons (Fsp3) is 0. The Morgan fingerprint density at radius 3 is 2.75 bits per heavy atom. The van der Waals surface area contributed by atoms with Crippen LogP contribution in [0.1, 0.15) is 10.4 Å². The Labute approximate surface area is 124 Å². The van der Waals surface area contributed by atoms with Crippen LogP contribution in [0.15, 0.2) is 42.7 Å². The standard InChI is InChI=1S/C14H8Cl2N2O2/c15-9-2-1-3-12(13(9)16)18-7-17-10-6-8(14(19)20)4-5-11(10)18/h1-7H,(H,19,20). The maximum absolute atomic E-state index is 10.9. The van der Waals surface area contributed by atoms with Crippen LogP contribution in [0.25, 0.3) is 16.7 Å². The molecule has 3 rings (SSSR count). The number of imidazole rings is 1. The van der Waals surface area contributed by atoms with E-state index in [0.29, 0.717) is 21.2 Å². The molecule has 0 radical (unpaired) electrons. The minimum absolute atomic E-state index is 0.194. The van der Waals surface area contributed by atoms with E-state index in [-0.39, 0.29) is 5.56 Å². The smallest absolute Gasteiger partial charge is 0.335 e. The van der Waals surface area contributed by atoms with Crippen molar-refractivity contribution in [1.82, 2.24) is 9.55 Å². The van der Waals surface area contributed by atoms with Gasteiger partial charge in [-0.3, -0.25) is 4.57 Å². The predicted octanol–water partition coefficient (Wildman–Crippen LogP) is 4.03. The van der Waals surface area contributed by atoms with Crippen molar-refractivity contribution in [3.8, 4) is 5.69 Å². The normalized spacial score (nSPS) is 10.9. The Kier molecular flexibility index (Phi) is 3.12. The average Bonchev–Trinajstić information content (AvgIpc) is 2.84. The molecule has 0 aliphatic carbocycles. The molecule has 3 aromatic rings. The SMILES string of the molecule is O=C(O)c1ccc2c(c1)ncn2-c1cccc(Cl)c1Cl. The summed E-state index contributed by atoms with van der Waals surface area (Å²) in [6.07, 6.45) is 1.59. The van der Waals surface area contributed by atoms with Gasteiger partial charge in [0.2, 0.25) is 0 Å². The molecule has 4 nitrogen and oxygen atoms in total. The molecule has 20 heavy (non-hydrogen) atoms. The number of hydrogen-bond donors (Lipinski definition) is 1. The van der Waals surface area contributed by atoms with Crippen LogP contribution in [0.5, 0.6) is 0 Å². The van der Waals surface area contributed by atoms with E-state index in [1.165, 1.54) is 12.1 Å². The Bertz CT molecular complexity index is 827. The monoisotopic (exact) mass is 306 g/mol. The summed E-state index contributed by atoms with van der Waals surface area (Å²) in [6, 6.07) is 10.1. The molecule has 0 bridgehead atoms. The van der Waals surface area contributed by atoms with Crippen LogP contribution in [0.2, 0.25) is 10.0 Å². The van der Waals surface area contributed by atoms with E-state index in [4.69, 9.17) is 28.3 Å². The third-order valence-corrected chi connectivity index (χ3v) is 3.79. The van der Waals surface area contributed by atoms with Gasteiger partial charge in [0, 0.05) is 0 Å². The number of carboxylic acids is 1. The second-order valence-corrected chi connectivity index (χ2v) is 4.98. The molecule has 0 saturated heterocycles. The number of carboxylic acid groups (broad SMARTS) is 1. The van der Waals surface area contributed by atoms with Crippen LogP contribution in [-0.4, -0.2) is 20.6 Å². The summed E-state index contributed by atoms with van der Waals surface area (Å²) in [5.41, 5.74) is 2.24. The van der Waals surface area contributed by atoms with Crippen molar-refractivity contribution in [2.75, 3.05) is 0 Å². The fourth-order valence-corrected chi connectivity index (χ4v) is 2.40. The largest absolute Gasteiger partial charge is 0.478 e. The molecule has 1 heterocycles. The van der Waals surface area contributed by atoms with E-state index in [9.17, 15) is 4.79 Å². The van der Waals surface area contributed by atoms with Gasteiger partial charge in [0.15, 0.2) is 0 Å². The number of benzene rings is 2. The summed E-state index contributed by atoms with van der Waals surface area (Å²) >= 11 is 12.2. The molecule has 0 fully saturated rings. The predicted molar refractivity (Wildman–Crippen MR) is 78.0 cm³/mol. The molecular formula is C14H8Cl2N2O2. The highest BCUT2D eigenvalue weighted by Gasteiger charge is 2.12. The first-order valence-corrected chi connectivity index (χ1v) is 6.48. The van der Waals surface area contributed by atoms with Gasteiger partial charge in [-0.25, -0.2) is 9.78 Å². The van der Waals surface area contributed by atoms with E-state index in [1.807, 2.05) is 6.07 Å². The van der Waals surface area contributed by atoms with Crippen molar-refractivity contribution in [1.29, 1.82) is 0 Å². The molecule has 6 heteroatoms. The lowest BCUT2D eigenvalue weighted by Gasteiger charge is -2.07. The molecule has 1 aromatic heterocycles. The van der Waals surface area contributed by atoms with Crippen LogP contribution >= 0.6 is 23.2 Å². The number of fused-ring (bicyclic) bond motifs is 1. The van der Waals surface area contributed by atoms with Crippen molar-refractivity contribution in [2.45, 2.75) is 0 Å². The molecule has 0 unspecified atom stereocenters. The molecule has 2 aromatic carbocycles. The fourth-order valence-electron chi connectivity index (χ4n) is 2.02. The van der Waals surface area contributed by atoms with Crippen LogP contribution < -0.4 is 0 Å². The van der Waals surface area contributed by atoms with E-state index >= 15 is 0 Å². The van der Waals surface area contributed by atoms with Gasteiger partial charge in [-0.15, -0.1) is 0 Å². The van der Waals surface area contributed by atoms with Crippen molar-refractivity contribution in [2.24, 2.45) is 0 Å². The third kappa shape index (κ3) is 2.03. The first-order valence-electron chi connectivity index (χ1n) is 5.72. The minimum atomic E-state index is -0.984. The van der Waals surface area contributed by atoms with Gasteiger partial charge in [-0.1, -0.05) is 29.3 Å². The highest BCUT2D eigenvalue weighted by Crippen LogP contribution is 2.30. The molecule has 0 aliphatic rings. The quantitative estimate of drug-likeness (QED) is 0.777. The zero-order valence-electron chi connectivity index (χ0n) is 10.0. The summed E-state index contributed by atoms with van der Waals surface area (Å²) < 4.78 is 1.77. The van der Waals surface area contributed by atoms with Crippen molar-refractivity contribution in [3.63, 3.8) is 0 Å². The van der Waals surface area contributed by atoms with Crippen molar-refractivity contribution in [3.05, 3.63) is 58.3 Å². The number of rotatable bonds is 2. The molecule has 0 aliphatic heterocycles. The first-order chi connectivity index (χ1) is 9.58. The van der Waals surface area contributed by atoms with Gasteiger partial charge in [0.25, 0.3) is 0 Å². The van der Waals surface area contributed by atoms with E-state index in [0.717, 1.165) is 5.52 Å². The average molecular weight is 307 g/mol. The van der Waals surface area contributed by atoms with Gasteiger partial charge < -0.3 is 5.11 Å². The Morgan fingerprint density at radius 2 is 2.00 bits per heavy atom. The second-order valence-electron chi connectivity index (χ2n) is 4.20. The van der Waals surface area contributed by atoms with Gasteiger partial charge in [0.1, 0.15) is 6.33 Å². The Morgan fingerprint density at radius 1 is 1.20 bits per heavy atom. The Balaban J connectivity index is 2.23. The van der Waals surface area contributed by atoms with Gasteiger partial charge >= 0.3 is 5.97 Å². The number of nitrogens with zero attached hydrogens (tertiary/aromatic N) is 2. The summed E-state index contributed by atoms with van der Waals surface area (Å²) in [6.45, 7) is 0. The van der Waals surface area contributed by atoms with Crippen molar-refractivity contribution < 1.29 is 9.90 Å². The van der Waals surface area contributed by atoms with Crippen LogP contribution in [-0.2, 0) is 0 Å². The molecule has 0 atom stereocenters. The number of aromatic nitrogens is 2. The minimum Gasteiger partial charge on any atom is -0.478 e. The lowest BCUT2D eigenvalue weighted by molar-refractivity contribution is 0.0697. The van der Waals surface area contributed by atoms with Gasteiger partial charge in [0.05, 0.1) is 32.3 Å². The first kappa shape index (κ1) is 13.0. The highest BCUT2D eigenvalue weighted by atomic mass is 35.5. The molecular weight excluding hydrogens is 299 g/mol. The lowest BCUT2D eigenvalue weighted by Crippen LogP contribution is -1.97. The third-order valence-electron chi connectivity index (χ3n) is 2.98. The van der Waals surface area contributed by atoms with Crippen LogP contribution in [0.3, 0.4) is 0 Å². The Hall–Kier alpha value is -2.04. The summed E-state index contributed by atoms with van der Waals surface area (Å²) in [7, 11) is 0. The molecule has 100 valence electrons. The van der Waals surface area contributed by atoms with Gasteiger partial charge in [-0.05, 0) is 30.3 Å². The van der Waals surface area contributed by atoms with E-state index < -0.39 is 5.97 Å². The topological polar surface area (TPSA) is 55.1 Å². The van der Waals surface area contributed by atoms with Crippen LogP contribution in [0, 0.1) is 0 Å².